The molecule has 0 aromatic carbocycles. The number of aliphatic hydroxyl groups excluding tert-OH is 1. The van der Waals surface area contributed by atoms with Crippen LogP contribution in [0.2, 0.25) is 0 Å². The molecule has 11 heavy (non-hydrogen) atoms. The molecule has 1 aromatic rings. The molecule has 0 fully saturated rings. The number of aliphatic hydroxyl groups is 1. The van der Waals surface area contributed by atoms with Crippen LogP contribution in [0, 0.1) is 0 Å². The molecule has 4 heteroatoms. The molecule has 0 radical (unpaired) electrons. The van der Waals surface area contributed by atoms with Crippen LogP contribution < -0.4 is 5.73 Å². The second kappa shape index (κ2) is 3.80. The van der Waals surface area contributed by atoms with Crippen molar-refractivity contribution in [3.63, 3.8) is 0 Å². The summed E-state index contributed by atoms with van der Waals surface area (Å²) in [6.45, 7) is 0.190. The van der Waals surface area contributed by atoms with Gasteiger partial charge in [0.15, 0.2) is 0 Å². The molecule has 1 rings (SSSR count). The third-order valence-corrected chi connectivity index (χ3v) is 2.00. The Kier molecular flexibility index (Phi) is 2.99. The maximum Gasteiger partial charge on any atom is 0.109 e. The van der Waals surface area contributed by atoms with E-state index in [2.05, 4.69) is 20.9 Å². The zero-order valence-corrected chi connectivity index (χ0v) is 7.45. The highest BCUT2D eigenvalue weighted by Gasteiger charge is 2.08. The van der Waals surface area contributed by atoms with Gasteiger partial charge in [0, 0.05) is 17.2 Å². The van der Waals surface area contributed by atoms with Gasteiger partial charge in [0.05, 0.1) is 5.69 Å². The molecule has 0 aliphatic heterocycles. The lowest BCUT2D eigenvalue weighted by molar-refractivity contribution is 0.181. The standard InChI is InChI=1S/C7H9BrN2O/c8-5-2-1-3-10-7(5)6(11)4-9/h1-3,6,11H,4,9H2. The lowest BCUT2D eigenvalue weighted by Gasteiger charge is -2.07. The molecule has 3 nitrogen and oxygen atoms in total. The van der Waals surface area contributed by atoms with E-state index in [1.54, 1.807) is 12.3 Å². The first kappa shape index (κ1) is 8.64. The average molecular weight is 217 g/mol. The Morgan fingerprint density at radius 3 is 3.00 bits per heavy atom. The van der Waals surface area contributed by atoms with Crippen LogP contribution in [0.1, 0.15) is 11.8 Å². The Morgan fingerprint density at radius 1 is 1.73 bits per heavy atom. The molecule has 0 aliphatic carbocycles. The second-order valence-corrected chi connectivity index (χ2v) is 2.98. The first-order valence-electron chi connectivity index (χ1n) is 3.24. The van der Waals surface area contributed by atoms with Gasteiger partial charge in [-0.05, 0) is 28.1 Å². The highest BCUT2D eigenvalue weighted by atomic mass is 79.9. The minimum atomic E-state index is -0.675. The van der Waals surface area contributed by atoms with E-state index in [9.17, 15) is 5.11 Å². The van der Waals surface area contributed by atoms with E-state index in [0.29, 0.717) is 5.69 Å². The summed E-state index contributed by atoms with van der Waals surface area (Å²) in [4.78, 5) is 3.97. The fourth-order valence-electron chi connectivity index (χ4n) is 0.755. The molecule has 0 spiro atoms. The summed E-state index contributed by atoms with van der Waals surface area (Å²) in [6, 6.07) is 3.61. The van der Waals surface area contributed by atoms with Gasteiger partial charge in [-0.1, -0.05) is 0 Å². The first-order valence-corrected chi connectivity index (χ1v) is 4.03. The predicted octanol–water partition coefficient (Wildman–Crippen LogP) is 0.836. The van der Waals surface area contributed by atoms with E-state index in [-0.39, 0.29) is 6.54 Å². The van der Waals surface area contributed by atoms with Crippen molar-refractivity contribution in [1.29, 1.82) is 0 Å². The van der Waals surface area contributed by atoms with Crippen LogP contribution in [0.25, 0.3) is 0 Å². The van der Waals surface area contributed by atoms with Crippen molar-refractivity contribution in [2.45, 2.75) is 6.10 Å². The molecule has 1 atom stereocenters. The molecule has 0 saturated carbocycles. The second-order valence-electron chi connectivity index (χ2n) is 2.12. The van der Waals surface area contributed by atoms with Crippen molar-refractivity contribution in [2.75, 3.05) is 6.54 Å². The molecule has 1 heterocycles. The fraction of sp³-hybridized carbons (Fsp3) is 0.286. The van der Waals surface area contributed by atoms with Gasteiger partial charge in [-0.15, -0.1) is 0 Å². The number of nitrogens with zero attached hydrogens (tertiary/aromatic N) is 1. The maximum absolute atomic E-state index is 9.29. The number of aromatic nitrogens is 1. The molecule has 1 unspecified atom stereocenters. The van der Waals surface area contributed by atoms with E-state index < -0.39 is 6.10 Å². The van der Waals surface area contributed by atoms with E-state index >= 15 is 0 Å². The molecule has 1 aromatic heterocycles. The van der Waals surface area contributed by atoms with Crippen LogP contribution in [0.5, 0.6) is 0 Å². The molecular formula is C7H9BrN2O. The SMILES string of the molecule is NCC(O)c1ncccc1Br. The van der Waals surface area contributed by atoms with Crippen molar-refractivity contribution >= 4 is 15.9 Å². The van der Waals surface area contributed by atoms with Gasteiger partial charge in [-0.3, -0.25) is 4.98 Å². The van der Waals surface area contributed by atoms with E-state index in [0.717, 1.165) is 4.47 Å². The Bertz CT molecular complexity index is 242. The molecule has 0 amide bonds. The number of hydrogen-bond donors (Lipinski definition) is 2. The number of pyridine rings is 1. The lowest BCUT2D eigenvalue weighted by Crippen LogP contribution is -2.13. The zero-order chi connectivity index (χ0) is 8.27. The summed E-state index contributed by atoms with van der Waals surface area (Å²) in [5.74, 6) is 0. The van der Waals surface area contributed by atoms with Crippen LogP contribution in [0.3, 0.4) is 0 Å². The summed E-state index contributed by atoms with van der Waals surface area (Å²) in [6.07, 6.45) is 0.949. The minimum absolute atomic E-state index is 0.190. The van der Waals surface area contributed by atoms with Crippen LogP contribution in [-0.4, -0.2) is 16.6 Å². The Morgan fingerprint density at radius 2 is 2.45 bits per heavy atom. The van der Waals surface area contributed by atoms with Gasteiger partial charge in [0.1, 0.15) is 6.10 Å². The first-order chi connectivity index (χ1) is 5.25. The zero-order valence-electron chi connectivity index (χ0n) is 5.87. The van der Waals surface area contributed by atoms with Crippen molar-refractivity contribution in [3.05, 3.63) is 28.5 Å². The summed E-state index contributed by atoms with van der Waals surface area (Å²) in [7, 11) is 0. The van der Waals surface area contributed by atoms with E-state index in [1.807, 2.05) is 6.07 Å². The highest BCUT2D eigenvalue weighted by molar-refractivity contribution is 9.10. The lowest BCUT2D eigenvalue weighted by atomic mass is 10.2. The topological polar surface area (TPSA) is 59.1 Å². The van der Waals surface area contributed by atoms with Gasteiger partial charge in [0.2, 0.25) is 0 Å². The molecule has 3 N–H and O–H groups in total. The largest absolute Gasteiger partial charge is 0.385 e. The van der Waals surface area contributed by atoms with Gasteiger partial charge < -0.3 is 10.8 Å². The summed E-state index contributed by atoms with van der Waals surface area (Å²) >= 11 is 3.26. The Labute approximate surface area is 73.4 Å². The summed E-state index contributed by atoms with van der Waals surface area (Å²) in [5, 5.41) is 9.29. The van der Waals surface area contributed by atoms with Crippen LogP contribution >= 0.6 is 15.9 Å². The summed E-state index contributed by atoms with van der Waals surface area (Å²) < 4.78 is 0.790. The molecule has 0 bridgehead atoms. The van der Waals surface area contributed by atoms with Gasteiger partial charge >= 0.3 is 0 Å². The smallest absolute Gasteiger partial charge is 0.109 e. The third kappa shape index (κ3) is 1.99. The third-order valence-electron chi connectivity index (χ3n) is 1.33. The van der Waals surface area contributed by atoms with Gasteiger partial charge in [0.25, 0.3) is 0 Å². The van der Waals surface area contributed by atoms with E-state index in [4.69, 9.17) is 5.73 Å². The highest BCUT2D eigenvalue weighted by Crippen LogP contribution is 2.19. The van der Waals surface area contributed by atoms with Crippen LogP contribution in [-0.2, 0) is 0 Å². The van der Waals surface area contributed by atoms with Gasteiger partial charge in [-0.25, -0.2) is 0 Å². The van der Waals surface area contributed by atoms with Crippen molar-refractivity contribution in [3.8, 4) is 0 Å². The average Bonchev–Trinajstić information content (AvgIpc) is 2.04. The van der Waals surface area contributed by atoms with E-state index in [1.165, 1.54) is 0 Å². The number of halogens is 1. The normalized spacial score (nSPS) is 13.0. The maximum atomic E-state index is 9.29. The number of nitrogens with two attached hydrogens (primary N) is 1. The minimum Gasteiger partial charge on any atom is -0.385 e. The fourth-order valence-corrected chi connectivity index (χ4v) is 1.27. The predicted molar refractivity (Wildman–Crippen MR) is 46.0 cm³/mol. The van der Waals surface area contributed by atoms with Crippen LogP contribution in [0.15, 0.2) is 22.8 Å². The van der Waals surface area contributed by atoms with Crippen molar-refractivity contribution < 1.29 is 5.11 Å². The quantitative estimate of drug-likeness (QED) is 0.771. The van der Waals surface area contributed by atoms with Gasteiger partial charge in [-0.2, -0.15) is 0 Å². The van der Waals surface area contributed by atoms with Crippen molar-refractivity contribution in [2.24, 2.45) is 5.73 Å². The Balaban J connectivity index is 2.93. The monoisotopic (exact) mass is 216 g/mol. The van der Waals surface area contributed by atoms with Crippen molar-refractivity contribution in [1.82, 2.24) is 4.98 Å². The molecule has 60 valence electrons. The molecule has 0 aliphatic rings. The molecular weight excluding hydrogens is 208 g/mol. The number of rotatable bonds is 2. The number of hydrogen-bond acceptors (Lipinski definition) is 3. The summed E-state index contributed by atoms with van der Waals surface area (Å²) in [5.41, 5.74) is 5.85. The Hall–Kier alpha value is -0.450. The molecule has 0 saturated heterocycles. The van der Waals surface area contributed by atoms with Crippen LogP contribution in [0.4, 0.5) is 0 Å².